The first-order valence-electron chi connectivity index (χ1n) is 3.11. The van der Waals surface area contributed by atoms with Gasteiger partial charge in [-0.2, -0.15) is 0 Å². The summed E-state index contributed by atoms with van der Waals surface area (Å²) in [4.78, 5) is 10.9. The molecule has 5 heteroatoms. The third kappa shape index (κ3) is 0.836. The van der Waals surface area contributed by atoms with Crippen molar-refractivity contribution in [2.45, 2.75) is 24.2 Å². The Kier molecular flexibility index (Phi) is 1.74. The fraction of sp³-hybridized carbons (Fsp3) is 0.800. The Morgan fingerprint density at radius 3 is 1.30 bits per heavy atom. The van der Waals surface area contributed by atoms with E-state index < -0.39 is 24.2 Å². The minimum absolute atomic E-state index is 0.236. The zero-order valence-corrected chi connectivity index (χ0v) is 5.53. The molecule has 0 aromatic heterocycles. The third-order valence-corrected chi connectivity index (χ3v) is 1.93. The highest BCUT2D eigenvalue weighted by Gasteiger charge is 2.42. The maximum Gasteiger partial charge on any atom is 0.169 e. The fourth-order valence-electron chi connectivity index (χ4n) is 1.08. The summed E-state index contributed by atoms with van der Waals surface area (Å²) in [5, 5.41) is 0. The average molecular weight is 144 g/mol. The SMILES string of the molecule is NC1C(=O)C(N)C(N)C1N. The second-order valence-corrected chi connectivity index (χ2v) is 2.61. The zero-order valence-electron chi connectivity index (χ0n) is 5.53. The van der Waals surface area contributed by atoms with Crippen molar-refractivity contribution in [3.8, 4) is 0 Å². The van der Waals surface area contributed by atoms with Crippen molar-refractivity contribution < 1.29 is 4.79 Å². The number of carbonyl (C=O) groups is 1. The van der Waals surface area contributed by atoms with Crippen molar-refractivity contribution in [2.75, 3.05) is 0 Å². The molecule has 0 amide bonds. The normalized spacial score (nSPS) is 48.2. The Morgan fingerprint density at radius 1 is 0.900 bits per heavy atom. The number of Topliss-reactive ketones (excluding diaryl/α,β-unsaturated/α-hetero) is 1. The summed E-state index contributed by atoms with van der Waals surface area (Å²) in [6.07, 6.45) is 0. The van der Waals surface area contributed by atoms with Crippen LogP contribution in [-0.4, -0.2) is 30.0 Å². The first kappa shape index (κ1) is 7.62. The molecule has 0 saturated heterocycles. The van der Waals surface area contributed by atoms with Gasteiger partial charge >= 0.3 is 0 Å². The highest BCUT2D eigenvalue weighted by Crippen LogP contribution is 2.09. The standard InChI is InChI=1S/C5H12N4O/c6-1-2(7)4(9)5(10)3(1)8/h1-4H,6-9H2. The molecule has 4 unspecified atom stereocenters. The Morgan fingerprint density at radius 2 is 1.20 bits per heavy atom. The highest BCUT2D eigenvalue weighted by molar-refractivity contribution is 5.93. The van der Waals surface area contributed by atoms with Crippen molar-refractivity contribution in [1.29, 1.82) is 0 Å². The maximum absolute atomic E-state index is 10.9. The molecular weight excluding hydrogens is 132 g/mol. The van der Waals surface area contributed by atoms with Crippen LogP contribution in [0.1, 0.15) is 0 Å². The lowest BCUT2D eigenvalue weighted by molar-refractivity contribution is -0.119. The van der Waals surface area contributed by atoms with Gasteiger partial charge in [-0.05, 0) is 0 Å². The van der Waals surface area contributed by atoms with Gasteiger partial charge in [0.2, 0.25) is 0 Å². The summed E-state index contributed by atoms with van der Waals surface area (Å²) in [7, 11) is 0. The summed E-state index contributed by atoms with van der Waals surface area (Å²) in [5.41, 5.74) is 21.6. The smallest absolute Gasteiger partial charge is 0.169 e. The molecule has 5 nitrogen and oxygen atoms in total. The Labute approximate surface area is 58.7 Å². The van der Waals surface area contributed by atoms with Crippen LogP contribution < -0.4 is 22.9 Å². The van der Waals surface area contributed by atoms with Gasteiger partial charge in [0, 0.05) is 12.1 Å². The highest BCUT2D eigenvalue weighted by atomic mass is 16.1. The van der Waals surface area contributed by atoms with E-state index in [0.717, 1.165) is 0 Å². The van der Waals surface area contributed by atoms with E-state index in [0.29, 0.717) is 0 Å². The second kappa shape index (κ2) is 2.28. The van der Waals surface area contributed by atoms with E-state index >= 15 is 0 Å². The quantitative estimate of drug-likeness (QED) is 0.286. The van der Waals surface area contributed by atoms with E-state index in [9.17, 15) is 4.79 Å². The van der Waals surface area contributed by atoms with Gasteiger partial charge in [-0.15, -0.1) is 0 Å². The Hall–Kier alpha value is -0.490. The van der Waals surface area contributed by atoms with E-state index in [1.54, 1.807) is 0 Å². The van der Waals surface area contributed by atoms with Crippen molar-refractivity contribution in [3.63, 3.8) is 0 Å². The number of nitrogens with two attached hydrogens (primary N) is 4. The molecule has 0 aromatic rings. The molecule has 4 atom stereocenters. The van der Waals surface area contributed by atoms with Crippen LogP contribution in [0.5, 0.6) is 0 Å². The molecule has 1 aliphatic rings. The van der Waals surface area contributed by atoms with Gasteiger partial charge in [0.25, 0.3) is 0 Å². The molecule has 10 heavy (non-hydrogen) atoms. The van der Waals surface area contributed by atoms with Crippen molar-refractivity contribution in [2.24, 2.45) is 22.9 Å². The first-order valence-corrected chi connectivity index (χ1v) is 3.11. The van der Waals surface area contributed by atoms with Crippen molar-refractivity contribution >= 4 is 5.78 Å². The molecule has 8 N–H and O–H groups in total. The monoisotopic (exact) mass is 144 g/mol. The molecular formula is C5H12N4O. The lowest BCUT2D eigenvalue weighted by Crippen LogP contribution is -2.50. The molecule has 1 rings (SSSR count). The number of rotatable bonds is 0. The third-order valence-electron chi connectivity index (χ3n) is 1.93. The number of carbonyl (C=O) groups excluding carboxylic acids is 1. The van der Waals surface area contributed by atoms with Crippen LogP contribution in [0.3, 0.4) is 0 Å². The minimum atomic E-state index is -0.676. The molecule has 0 heterocycles. The predicted molar refractivity (Wildman–Crippen MR) is 36.9 cm³/mol. The van der Waals surface area contributed by atoms with E-state index in [1.165, 1.54) is 0 Å². The fourth-order valence-corrected chi connectivity index (χ4v) is 1.08. The van der Waals surface area contributed by atoms with E-state index in [4.69, 9.17) is 22.9 Å². The molecule has 1 aliphatic carbocycles. The van der Waals surface area contributed by atoms with Gasteiger partial charge in [0.15, 0.2) is 5.78 Å². The molecule has 0 spiro atoms. The van der Waals surface area contributed by atoms with Crippen molar-refractivity contribution in [3.05, 3.63) is 0 Å². The van der Waals surface area contributed by atoms with Gasteiger partial charge in [-0.1, -0.05) is 0 Å². The van der Waals surface area contributed by atoms with Gasteiger partial charge in [0.1, 0.15) is 0 Å². The van der Waals surface area contributed by atoms with Crippen LogP contribution in [0.2, 0.25) is 0 Å². The van der Waals surface area contributed by atoms with Crippen LogP contribution in [0.15, 0.2) is 0 Å². The largest absolute Gasteiger partial charge is 0.325 e. The molecule has 0 radical (unpaired) electrons. The predicted octanol–water partition coefficient (Wildman–Crippen LogP) is -3.12. The minimum Gasteiger partial charge on any atom is -0.325 e. The van der Waals surface area contributed by atoms with Crippen molar-refractivity contribution in [1.82, 2.24) is 0 Å². The number of hydrogen-bond donors (Lipinski definition) is 4. The lowest BCUT2D eigenvalue weighted by Gasteiger charge is -2.12. The average Bonchev–Trinajstić information content (AvgIpc) is 2.07. The maximum atomic E-state index is 10.9. The van der Waals surface area contributed by atoms with Crippen LogP contribution in [0, 0.1) is 0 Å². The first-order chi connectivity index (χ1) is 4.55. The Balaban J connectivity index is 2.78. The van der Waals surface area contributed by atoms with E-state index in [-0.39, 0.29) is 5.78 Å². The summed E-state index contributed by atoms with van der Waals surface area (Å²) in [5.74, 6) is -0.236. The molecule has 0 aromatic carbocycles. The molecule has 0 aliphatic heterocycles. The van der Waals surface area contributed by atoms with Crippen LogP contribution in [0.4, 0.5) is 0 Å². The van der Waals surface area contributed by atoms with Gasteiger partial charge in [-0.25, -0.2) is 0 Å². The summed E-state index contributed by atoms with van der Waals surface area (Å²) in [6.45, 7) is 0. The number of hydrogen-bond acceptors (Lipinski definition) is 5. The lowest BCUT2D eigenvalue weighted by atomic mass is 10.1. The van der Waals surface area contributed by atoms with E-state index in [2.05, 4.69) is 0 Å². The van der Waals surface area contributed by atoms with Gasteiger partial charge in [-0.3, -0.25) is 4.79 Å². The van der Waals surface area contributed by atoms with Crippen LogP contribution in [-0.2, 0) is 4.79 Å². The molecule has 1 saturated carbocycles. The molecule has 58 valence electrons. The topological polar surface area (TPSA) is 121 Å². The Bertz CT molecular complexity index is 144. The zero-order chi connectivity index (χ0) is 7.89. The number of ketones is 1. The molecule has 1 fully saturated rings. The van der Waals surface area contributed by atoms with Gasteiger partial charge < -0.3 is 22.9 Å². The van der Waals surface area contributed by atoms with Crippen LogP contribution in [0.25, 0.3) is 0 Å². The van der Waals surface area contributed by atoms with Crippen LogP contribution >= 0.6 is 0 Å². The summed E-state index contributed by atoms with van der Waals surface area (Å²) < 4.78 is 0. The van der Waals surface area contributed by atoms with E-state index in [1.807, 2.05) is 0 Å². The summed E-state index contributed by atoms with van der Waals surface area (Å²) in [6, 6.07) is -2.32. The molecule has 0 bridgehead atoms. The summed E-state index contributed by atoms with van der Waals surface area (Å²) >= 11 is 0. The second-order valence-electron chi connectivity index (χ2n) is 2.61. The van der Waals surface area contributed by atoms with Gasteiger partial charge in [0.05, 0.1) is 12.1 Å².